The molecule has 1 aromatic rings. The molecule has 4 nitrogen and oxygen atoms in total. The highest BCUT2D eigenvalue weighted by Crippen LogP contribution is 2.02. The first-order valence-corrected chi connectivity index (χ1v) is 4.71. The van der Waals surface area contributed by atoms with Crippen LogP contribution in [0.3, 0.4) is 0 Å². The summed E-state index contributed by atoms with van der Waals surface area (Å²) >= 11 is 0. The van der Waals surface area contributed by atoms with E-state index in [1.165, 1.54) is 0 Å². The Morgan fingerprint density at radius 1 is 1.54 bits per heavy atom. The second-order valence-electron chi connectivity index (χ2n) is 3.58. The lowest BCUT2D eigenvalue weighted by Crippen LogP contribution is -2.10. The summed E-state index contributed by atoms with van der Waals surface area (Å²) < 4.78 is 1.92. The SMILES string of the molecule is CC(C)Cn1ncnc1CCCO. The van der Waals surface area contributed by atoms with Gasteiger partial charge in [-0.05, 0) is 12.3 Å². The number of rotatable bonds is 5. The van der Waals surface area contributed by atoms with Gasteiger partial charge in [0.05, 0.1) is 0 Å². The predicted octanol–water partition coefficient (Wildman–Crippen LogP) is 0.859. The number of hydrogen-bond acceptors (Lipinski definition) is 3. The maximum Gasteiger partial charge on any atom is 0.138 e. The molecule has 0 spiro atoms. The lowest BCUT2D eigenvalue weighted by atomic mass is 10.2. The van der Waals surface area contributed by atoms with Crippen molar-refractivity contribution in [1.29, 1.82) is 0 Å². The molecule has 0 radical (unpaired) electrons. The van der Waals surface area contributed by atoms with E-state index in [0.717, 1.165) is 25.2 Å². The zero-order chi connectivity index (χ0) is 9.68. The fraction of sp³-hybridized carbons (Fsp3) is 0.778. The lowest BCUT2D eigenvalue weighted by molar-refractivity contribution is 0.286. The monoisotopic (exact) mass is 183 g/mol. The van der Waals surface area contributed by atoms with E-state index in [2.05, 4.69) is 23.9 Å². The Labute approximate surface area is 78.6 Å². The standard InChI is InChI=1S/C9H17N3O/c1-8(2)6-12-9(4-3-5-13)10-7-11-12/h7-8,13H,3-6H2,1-2H3. The summed E-state index contributed by atoms with van der Waals surface area (Å²) in [4.78, 5) is 4.15. The summed E-state index contributed by atoms with van der Waals surface area (Å²) in [7, 11) is 0. The highest BCUT2D eigenvalue weighted by molar-refractivity contribution is 4.84. The van der Waals surface area contributed by atoms with Crippen molar-refractivity contribution >= 4 is 0 Å². The van der Waals surface area contributed by atoms with Crippen LogP contribution >= 0.6 is 0 Å². The number of aliphatic hydroxyl groups excluding tert-OH is 1. The highest BCUT2D eigenvalue weighted by Gasteiger charge is 2.04. The Morgan fingerprint density at radius 3 is 2.92 bits per heavy atom. The fourth-order valence-electron chi connectivity index (χ4n) is 1.22. The van der Waals surface area contributed by atoms with Crippen molar-refractivity contribution in [3.05, 3.63) is 12.2 Å². The van der Waals surface area contributed by atoms with Crippen LogP contribution in [-0.4, -0.2) is 26.5 Å². The van der Waals surface area contributed by atoms with Crippen molar-refractivity contribution in [2.24, 2.45) is 5.92 Å². The van der Waals surface area contributed by atoms with Gasteiger partial charge < -0.3 is 5.11 Å². The number of aliphatic hydroxyl groups is 1. The average molecular weight is 183 g/mol. The molecule has 0 aromatic carbocycles. The van der Waals surface area contributed by atoms with Gasteiger partial charge in [0.25, 0.3) is 0 Å². The quantitative estimate of drug-likeness (QED) is 0.736. The first kappa shape index (κ1) is 10.2. The molecule has 0 atom stereocenters. The number of nitrogens with zero attached hydrogens (tertiary/aromatic N) is 3. The van der Waals surface area contributed by atoms with Gasteiger partial charge in [0.2, 0.25) is 0 Å². The van der Waals surface area contributed by atoms with Crippen LogP contribution < -0.4 is 0 Å². The molecule has 0 bridgehead atoms. The van der Waals surface area contributed by atoms with E-state index in [-0.39, 0.29) is 6.61 Å². The minimum absolute atomic E-state index is 0.217. The van der Waals surface area contributed by atoms with Crippen LogP contribution in [0.15, 0.2) is 6.33 Å². The Bertz CT molecular complexity index is 245. The molecule has 0 saturated heterocycles. The van der Waals surface area contributed by atoms with Gasteiger partial charge in [-0.1, -0.05) is 13.8 Å². The molecule has 74 valence electrons. The Balaban J connectivity index is 2.55. The van der Waals surface area contributed by atoms with Gasteiger partial charge in [0.1, 0.15) is 12.2 Å². The van der Waals surface area contributed by atoms with Crippen molar-refractivity contribution in [1.82, 2.24) is 14.8 Å². The molecule has 1 heterocycles. The molecule has 1 rings (SSSR count). The van der Waals surface area contributed by atoms with Gasteiger partial charge in [-0.15, -0.1) is 0 Å². The van der Waals surface area contributed by atoms with Crippen molar-refractivity contribution in [3.8, 4) is 0 Å². The van der Waals surface area contributed by atoms with E-state index in [9.17, 15) is 0 Å². The van der Waals surface area contributed by atoms with Crippen LogP contribution in [0, 0.1) is 5.92 Å². The second-order valence-corrected chi connectivity index (χ2v) is 3.58. The van der Waals surface area contributed by atoms with Gasteiger partial charge in [0, 0.05) is 19.6 Å². The van der Waals surface area contributed by atoms with Crippen LogP contribution in [0.25, 0.3) is 0 Å². The third-order valence-electron chi connectivity index (χ3n) is 1.79. The van der Waals surface area contributed by atoms with Gasteiger partial charge in [-0.3, -0.25) is 0 Å². The zero-order valence-corrected chi connectivity index (χ0v) is 8.27. The summed E-state index contributed by atoms with van der Waals surface area (Å²) in [6, 6.07) is 0. The Morgan fingerprint density at radius 2 is 2.31 bits per heavy atom. The predicted molar refractivity (Wildman–Crippen MR) is 50.3 cm³/mol. The largest absolute Gasteiger partial charge is 0.396 e. The van der Waals surface area contributed by atoms with Crippen LogP contribution in [0.1, 0.15) is 26.1 Å². The van der Waals surface area contributed by atoms with E-state index in [0.29, 0.717) is 5.92 Å². The fourth-order valence-corrected chi connectivity index (χ4v) is 1.22. The summed E-state index contributed by atoms with van der Waals surface area (Å²) in [5, 5.41) is 12.8. The van der Waals surface area contributed by atoms with E-state index >= 15 is 0 Å². The van der Waals surface area contributed by atoms with Crippen LogP contribution in [-0.2, 0) is 13.0 Å². The van der Waals surface area contributed by atoms with E-state index in [1.54, 1.807) is 6.33 Å². The average Bonchev–Trinajstić information content (AvgIpc) is 2.48. The summed E-state index contributed by atoms with van der Waals surface area (Å²) in [5.41, 5.74) is 0. The molecule has 1 aromatic heterocycles. The number of aryl methyl sites for hydroxylation is 1. The topological polar surface area (TPSA) is 50.9 Å². The zero-order valence-electron chi connectivity index (χ0n) is 8.27. The molecule has 0 unspecified atom stereocenters. The van der Waals surface area contributed by atoms with Crippen molar-refractivity contribution < 1.29 is 5.11 Å². The first-order chi connectivity index (χ1) is 6.24. The van der Waals surface area contributed by atoms with Crippen molar-refractivity contribution in [3.63, 3.8) is 0 Å². The van der Waals surface area contributed by atoms with Gasteiger partial charge in [-0.25, -0.2) is 9.67 Å². The first-order valence-electron chi connectivity index (χ1n) is 4.71. The van der Waals surface area contributed by atoms with Gasteiger partial charge in [0.15, 0.2) is 0 Å². The normalized spacial score (nSPS) is 11.1. The van der Waals surface area contributed by atoms with E-state index in [4.69, 9.17) is 5.11 Å². The third kappa shape index (κ3) is 3.14. The minimum Gasteiger partial charge on any atom is -0.396 e. The van der Waals surface area contributed by atoms with Crippen LogP contribution in [0.4, 0.5) is 0 Å². The molecule has 1 N–H and O–H groups in total. The molecule has 0 saturated carbocycles. The second kappa shape index (κ2) is 4.97. The Hall–Kier alpha value is -0.900. The molecule has 4 heteroatoms. The maximum absolute atomic E-state index is 8.68. The lowest BCUT2D eigenvalue weighted by Gasteiger charge is -2.07. The number of aromatic nitrogens is 3. The summed E-state index contributed by atoms with van der Waals surface area (Å²) in [6.07, 6.45) is 3.15. The molecule has 13 heavy (non-hydrogen) atoms. The van der Waals surface area contributed by atoms with Crippen LogP contribution in [0.2, 0.25) is 0 Å². The molecular formula is C9H17N3O. The van der Waals surface area contributed by atoms with Crippen LogP contribution in [0.5, 0.6) is 0 Å². The van der Waals surface area contributed by atoms with E-state index in [1.807, 2.05) is 4.68 Å². The van der Waals surface area contributed by atoms with E-state index < -0.39 is 0 Å². The van der Waals surface area contributed by atoms with Crippen molar-refractivity contribution in [2.75, 3.05) is 6.61 Å². The van der Waals surface area contributed by atoms with Gasteiger partial charge in [-0.2, -0.15) is 5.10 Å². The summed E-state index contributed by atoms with van der Waals surface area (Å²) in [6.45, 7) is 5.42. The molecule has 0 fully saturated rings. The Kier molecular flexibility index (Phi) is 3.89. The molecule has 0 aliphatic rings. The summed E-state index contributed by atoms with van der Waals surface area (Å²) in [5.74, 6) is 1.55. The third-order valence-corrected chi connectivity index (χ3v) is 1.79. The maximum atomic E-state index is 8.68. The van der Waals surface area contributed by atoms with Crippen molar-refractivity contribution in [2.45, 2.75) is 33.2 Å². The van der Waals surface area contributed by atoms with Gasteiger partial charge >= 0.3 is 0 Å². The molecular weight excluding hydrogens is 166 g/mol. The molecule has 0 amide bonds. The highest BCUT2D eigenvalue weighted by atomic mass is 16.2. The molecule has 0 aliphatic heterocycles. The minimum atomic E-state index is 0.217. The smallest absolute Gasteiger partial charge is 0.138 e. The molecule has 0 aliphatic carbocycles. The number of hydrogen-bond donors (Lipinski definition) is 1.